The second-order valence-corrected chi connectivity index (χ2v) is 10.1. The zero-order chi connectivity index (χ0) is 22.7. The molecule has 1 N–H and O–H groups in total. The van der Waals surface area contributed by atoms with E-state index in [2.05, 4.69) is 31.8 Å². The molecular formula is C21H23N7O3S. The molecule has 1 saturated carbocycles. The van der Waals surface area contributed by atoms with Gasteiger partial charge in [-0.05, 0) is 50.8 Å². The van der Waals surface area contributed by atoms with Crippen molar-refractivity contribution in [2.24, 2.45) is 12.0 Å². The summed E-state index contributed by atoms with van der Waals surface area (Å²) in [4.78, 5) is 22.7. The minimum atomic E-state index is -3.73. The van der Waals surface area contributed by atoms with E-state index in [9.17, 15) is 13.2 Å². The van der Waals surface area contributed by atoms with Crippen molar-refractivity contribution in [3.05, 3.63) is 35.7 Å². The number of guanidine groups is 1. The first-order valence-electron chi connectivity index (χ1n) is 10.4. The monoisotopic (exact) mass is 453 g/mol. The normalized spacial score (nSPS) is 20.9. The lowest BCUT2D eigenvalue weighted by molar-refractivity contribution is 0.0846. The number of rotatable bonds is 4. The van der Waals surface area contributed by atoms with Crippen molar-refractivity contribution in [2.75, 3.05) is 18.0 Å². The number of aliphatic imine (C=N–C) groups is 1. The molecule has 5 rings (SSSR count). The molecule has 3 aliphatic rings. The molecule has 1 aromatic heterocycles. The molecule has 1 aromatic carbocycles. The molecule has 2 aliphatic heterocycles. The zero-order valence-electron chi connectivity index (χ0n) is 18.0. The van der Waals surface area contributed by atoms with Crippen molar-refractivity contribution < 1.29 is 13.2 Å². The summed E-state index contributed by atoms with van der Waals surface area (Å²) in [6.45, 7) is 4.54. The Morgan fingerprint density at radius 1 is 1.31 bits per heavy atom. The highest BCUT2D eigenvalue weighted by molar-refractivity contribution is 7.89. The highest BCUT2D eigenvalue weighted by atomic mass is 32.2. The van der Waals surface area contributed by atoms with Crippen molar-refractivity contribution in [3.8, 4) is 11.8 Å². The van der Waals surface area contributed by atoms with E-state index in [-0.39, 0.29) is 16.8 Å². The summed E-state index contributed by atoms with van der Waals surface area (Å²) in [5, 5.41) is 8.20. The number of hydrogen-bond donors (Lipinski definition) is 1. The van der Waals surface area contributed by atoms with Gasteiger partial charge in [-0.25, -0.2) is 18.1 Å². The number of nitrogens with one attached hydrogen (secondary N) is 1. The summed E-state index contributed by atoms with van der Waals surface area (Å²) < 4.78 is 28.5. The second-order valence-electron chi connectivity index (χ2n) is 8.41. The van der Waals surface area contributed by atoms with Crippen molar-refractivity contribution in [3.63, 3.8) is 0 Å². The number of carbonyl (C=O) groups excluding carboxylic acids is 1. The van der Waals surface area contributed by atoms with Gasteiger partial charge in [0.15, 0.2) is 5.69 Å². The Balaban J connectivity index is 1.54. The molecule has 1 atom stereocenters. The SMILES string of the molecule is CCN1C(=O)c2cc(S(=O)(=O)NC3(C)CC3)ccc2N2C1=NC[C@@H]2C#Cc1cnn(C)n1. The van der Waals surface area contributed by atoms with E-state index in [0.29, 0.717) is 36.0 Å². The number of aromatic nitrogens is 3. The number of anilines is 1. The summed E-state index contributed by atoms with van der Waals surface area (Å²) in [6, 6.07) is 4.35. The number of hydrogen-bond acceptors (Lipinski definition) is 7. The van der Waals surface area contributed by atoms with Crippen LogP contribution in [0.3, 0.4) is 0 Å². The molecule has 166 valence electrons. The maximum absolute atomic E-state index is 13.2. The minimum absolute atomic E-state index is 0.0792. The van der Waals surface area contributed by atoms with E-state index in [1.807, 2.05) is 18.7 Å². The molecule has 32 heavy (non-hydrogen) atoms. The van der Waals surface area contributed by atoms with Gasteiger partial charge in [0, 0.05) is 19.1 Å². The molecule has 1 fully saturated rings. The lowest BCUT2D eigenvalue weighted by Gasteiger charge is -2.37. The molecule has 1 aliphatic carbocycles. The Morgan fingerprint density at radius 2 is 2.09 bits per heavy atom. The van der Waals surface area contributed by atoms with Gasteiger partial charge in [-0.3, -0.25) is 14.6 Å². The van der Waals surface area contributed by atoms with Gasteiger partial charge >= 0.3 is 0 Å². The summed E-state index contributed by atoms with van der Waals surface area (Å²) >= 11 is 0. The number of fused-ring (bicyclic) bond motifs is 3. The van der Waals surface area contributed by atoms with E-state index in [1.54, 1.807) is 24.2 Å². The van der Waals surface area contributed by atoms with Gasteiger partial charge in [-0.15, -0.1) is 5.10 Å². The predicted molar refractivity (Wildman–Crippen MR) is 118 cm³/mol. The lowest BCUT2D eigenvalue weighted by Crippen LogP contribution is -2.52. The van der Waals surface area contributed by atoms with E-state index in [1.165, 1.54) is 16.9 Å². The average molecular weight is 454 g/mol. The molecule has 3 heterocycles. The Bertz CT molecular complexity index is 1310. The van der Waals surface area contributed by atoms with E-state index in [4.69, 9.17) is 0 Å². The van der Waals surface area contributed by atoms with Crippen LogP contribution in [0.25, 0.3) is 0 Å². The quantitative estimate of drug-likeness (QED) is 0.683. The van der Waals surface area contributed by atoms with Crippen LogP contribution in [0.2, 0.25) is 0 Å². The number of aryl methyl sites for hydroxylation is 1. The Morgan fingerprint density at radius 3 is 2.75 bits per heavy atom. The predicted octanol–water partition coefficient (Wildman–Crippen LogP) is 0.718. The molecule has 2 aromatic rings. The smallest absolute Gasteiger partial charge is 0.262 e. The van der Waals surface area contributed by atoms with Gasteiger partial charge in [0.1, 0.15) is 6.04 Å². The summed E-state index contributed by atoms with van der Waals surface area (Å²) in [5.74, 6) is 6.45. The van der Waals surface area contributed by atoms with Gasteiger partial charge in [0.2, 0.25) is 16.0 Å². The fourth-order valence-electron chi connectivity index (χ4n) is 3.88. The first kappa shape index (κ1) is 20.7. The topological polar surface area (TPSA) is 113 Å². The van der Waals surface area contributed by atoms with Gasteiger partial charge in [0.05, 0.1) is 28.9 Å². The third-order valence-corrected chi connectivity index (χ3v) is 7.49. The van der Waals surface area contributed by atoms with Crippen LogP contribution in [0.15, 0.2) is 34.3 Å². The Kier molecular flexibility index (Phi) is 4.61. The lowest BCUT2D eigenvalue weighted by atomic mass is 10.1. The van der Waals surface area contributed by atoms with Crippen molar-refractivity contribution in [1.82, 2.24) is 24.6 Å². The van der Waals surface area contributed by atoms with Crippen LogP contribution in [0.4, 0.5) is 5.69 Å². The molecule has 10 nitrogen and oxygen atoms in total. The van der Waals surface area contributed by atoms with Crippen LogP contribution >= 0.6 is 0 Å². The van der Waals surface area contributed by atoms with Crippen LogP contribution < -0.4 is 9.62 Å². The maximum atomic E-state index is 13.2. The van der Waals surface area contributed by atoms with Gasteiger partial charge < -0.3 is 0 Å². The molecule has 1 amide bonds. The zero-order valence-corrected chi connectivity index (χ0v) is 18.8. The molecule has 11 heteroatoms. The standard InChI is InChI=1S/C21H23N7O3S/c1-4-27-19(29)17-11-16(32(30,31)25-21(2)9-10-21)7-8-18(17)28-15(13-22-20(27)28)6-5-14-12-23-26(3)24-14/h7-8,11-12,15,25H,4,9-10,13H2,1-3H3/t15-/m0/s1. The molecule has 0 saturated heterocycles. The largest absolute Gasteiger partial charge is 0.295 e. The summed E-state index contributed by atoms with van der Waals surface area (Å²) in [7, 11) is -2.01. The maximum Gasteiger partial charge on any atom is 0.262 e. The number of carbonyl (C=O) groups is 1. The first-order valence-corrected chi connectivity index (χ1v) is 11.9. The first-order chi connectivity index (χ1) is 15.2. The fourth-order valence-corrected chi connectivity index (χ4v) is 5.38. The number of benzene rings is 1. The third kappa shape index (κ3) is 3.45. The summed E-state index contributed by atoms with van der Waals surface area (Å²) in [5.41, 5.74) is 1.07. The van der Waals surface area contributed by atoms with Crippen LogP contribution in [0, 0.1) is 11.8 Å². The van der Waals surface area contributed by atoms with Gasteiger partial charge in [-0.2, -0.15) is 9.90 Å². The van der Waals surface area contributed by atoms with Crippen molar-refractivity contribution >= 4 is 27.6 Å². The van der Waals surface area contributed by atoms with Crippen LogP contribution in [-0.4, -0.2) is 64.8 Å². The highest BCUT2D eigenvalue weighted by Crippen LogP contribution is 2.38. The van der Waals surface area contributed by atoms with E-state index >= 15 is 0 Å². The minimum Gasteiger partial charge on any atom is -0.295 e. The fraction of sp³-hybridized carbons (Fsp3) is 0.429. The molecule has 0 radical (unpaired) electrons. The van der Waals surface area contributed by atoms with Crippen LogP contribution in [0.5, 0.6) is 0 Å². The number of amides is 1. The molecular weight excluding hydrogens is 430 g/mol. The second kappa shape index (κ2) is 7.15. The summed E-state index contributed by atoms with van der Waals surface area (Å²) in [6.07, 6.45) is 3.19. The molecule has 0 spiro atoms. The third-order valence-electron chi connectivity index (χ3n) is 5.85. The number of nitrogens with zero attached hydrogens (tertiary/aromatic N) is 6. The van der Waals surface area contributed by atoms with E-state index in [0.717, 1.165) is 12.8 Å². The molecule has 0 unspecified atom stereocenters. The van der Waals surface area contributed by atoms with Gasteiger partial charge in [0.25, 0.3) is 5.91 Å². The van der Waals surface area contributed by atoms with E-state index < -0.39 is 15.6 Å². The average Bonchev–Trinajstić information content (AvgIpc) is 3.12. The van der Waals surface area contributed by atoms with Crippen LogP contribution in [-0.2, 0) is 17.1 Å². The highest BCUT2D eigenvalue weighted by Gasteiger charge is 2.43. The van der Waals surface area contributed by atoms with Crippen LogP contribution in [0.1, 0.15) is 42.7 Å². The molecule has 0 bridgehead atoms. The van der Waals surface area contributed by atoms with Crippen molar-refractivity contribution in [2.45, 2.75) is 43.2 Å². The van der Waals surface area contributed by atoms with Gasteiger partial charge in [-0.1, -0.05) is 5.92 Å². The van der Waals surface area contributed by atoms with Crippen molar-refractivity contribution in [1.29, 1.82) is 0 Å². The Hall–Kier alpha value is -3.23. The Labute approximate surface area is 186 Å². The number of sulfonamides is 1.